The van der Waals surface area contributed by atoms with Crippen LogP contribution >= 0.6 is 11.3 Å². The third-order valence-corrected chi connectivity index (χ3v) is 5.33. The zero-order valence-electron chi connectivity index (χ0n) is 9.82. The van der Waals surface area contributed by atoms with E-state index in [1.807, 2.05) is 17.5 Å². The Bertz CT molecular complexity index is 369. The lowest BCUT2D eigenvalue weighted by atomic mass is 9.50. The summed E-state index contributed by atoms with van der Waals surface area (Å²) in [6.45, 7) is 4.34. The predicted octanol–water partition coefficient (Wildman–Crippen LogP) is 3.67. The summed E-state index contributed by atoms with van der Waals surface area (Å²) in [7, 11) is 0. The minimum absolute atomic E-state index is 0.266. The van der Waals surface area contributed by atoms with Gasteiger partial charge in [0.2, 0.25) is 0 Å². The molecule has 1 N–H and O–H groups in total. The predicted molar refractivity (Wildman–Crippen MR) is 65.9 cm³/mol. The van der Waals surface area contributed by atoms with Gasteiger partial charge in [0.25, 0.3) is 0 Å². The van der Waals surface area contributed by atoms with Crippen LogP contribution in [0.1, 0.15) is 44.4 Å². The first-order chi connectivity index (χ1) is 7.58. The molecule has 16 heavy (non-hydrogen) atoms. The molecule has 1 aliphatic rings. The van der Waals surface area contributed by atoms with Crippen LogP contribution in [0.2, 0.25) is 0 Å². The fourth-order valence-corrected chi connectivity index (χ4v) is 3.88. The minimum Gasteiger partial charge on any atom is -0.481 e. The number of rotatable bonds is 4. The van der Waals surface area contributed by atoms with Crippen LogP contribution in [-0.4, -0.2) is 11.1 Å². The summed E-state index contributed by atoms with van der Waals surface area (Å²) in [5.74, 6) is -0.646. The molecule has 1 aromatic heterocycles. The number of hydrogen-bond acceptors (Lipinski definition) is 2. The molecule has 0 radical (unpaired) electrons. The number of carbonyl (C=O) groups is 1. The maximum Gasteiger partial charge on any atom is 0.315 e. The second-order valence-electron chi connectivity index (χ2n) is 4.93. The SMILES string of the molecule is CCC1(CC)CC(C(=O)O)(c2cccs2)C1. The van der Waals surface area contributed by atoms with E-state index in [0.717, 1.165) is 30.6 Å². The number of carboxylic acid groups (broad SMARTS) is 1. The molecular weight excluding hydrogens is 220 g/mol. The van der Waals surface area contributed by atoms with Gasteiger partial charge in [0.1, 0.15) is 5.41 Å². The van der Waals surface area contributed by atoms with Crippen molar-refractivity contribution in [1.29, 1.82) is 0 Å². The first-order valence-electron chi connectivity index (χ1n) is 5.86. The van der Waals surface area contributed by atoms with Gasteiger partial charge in [-0.1, -0.05) is 32.8 Å². The molecule has 2 nitrogen and oxygen atoms in total. The fourth-order valence-electron chi connectivity index (χ4n) is 2.96. The van der Waals surface area contributed by atoms with Gasteiger partial charge in [0.05, 0.1) is 0 Å². The molecule has 1 aromatic rings. The van der Waals surface area contributed by atoms with Crippen molar-refractivity contribution in [2.24, 2.45) is 5.41 Å². The average molecular weight is 238 g/mol. The van der Waals surface area contributed by atoms with Crippen LogP contribution in [0.3, 0.4) is 0 Å². The Kier molecular flexibility index (Phi) is 2.82. The Morgan fingerprint density at radius 2 is 2.06 bits per heavy atom. The second kappa shape index (κ2) is 3.88. The lowest BCUT2D eigenvalue weighted by Crippen LogP contribution is -2.53. The smallest absolute Gasteiger partial charge is 0.315 e. The molecule has 1 saturated carbocycles. The molecule has 3 heteroatoms. The van der Waals surface area contributed by atoms with Crippen LogP contribution in [-0.2, 0) is 10.2 Å². The summed E-state index contributed by atoms with van der Waals surface area (Å²) < 4.78 is 0. The zero-order valence-corrected chi connectivity index (χ0v) is 10.6. The van der Waals surface area contributed by atoms with Crippen LogP contribution < -0.4 is 0 Å². The Balaban J connectivity index is 2.27. The summed E-state index contributed by atoms with van der Waals surface area (Å²) >= 11 is 1.57. The van der Waals surface area contributed by atoms with E-state index in [2.05, 4.69) is 13.8 Å². The molecule has 1 fully saturated rings. The van der Waals surface area contributed by atoms with Gasteiger partial charge in [-0.15, -0.1) is 11.3 Å². The van der Waals surface area contributed by atoms with Crippen molar-refractivity contribution in [2.75, 3.05) is 0 Å². The van der Waals surface area contributed by atoms with Crippen LogP contribution in [0.25, 0.3) is 0 Å². The Hall–Kier alpha value is -0.830. The summed E-state index contributed by atoms with van der Waals surface area (Å²) in [4.78, 5) is 12.6. The quantitative estimate of drug-likeness (QED) is 0.869. The van der Waals surface area contributed by atoms with E-state index in [9.17, 15) is 9.90 Å². The Morgan fingerprint density at radius 3 is 2.44 bits per heavy atom. The zero-order chi connectivity index (χ0) is 11.8. The van der Waals surface area contributed by atoms with Gasteiger partial charge in [-0.25, -0.2) is 0 Å². The highest BCUT2D eigenvalue weighted by Crippen LogP contribution is 2.60. The van der Waals surface area contributed by atoms with E-state index in [0.29, 0.717) is 0 Å². The highest BCUT2D eigenvalue weighted by Gasteiger charge is 2.58. The third kappa shape index (κ3) is 1.49. The van der Waals surface area contributed by atoms with Crippen molar-refractivity contribution >= 4 is 17.3 Å². The first kappa shape index (κ1) is 11.6. The number of carboxylic acids is 1. The fraction of sp³-hybridized carbons (Fsp3) is 0.615. The molecule has 88 valence electrons. The minimum atomic E-state index is -0.646. The van der Waals surface area contributed by atoms with Gasteiger partial charge < -0.3 is 5.11 Å². The maximum atomic E-state index is 11.5. The molecule has 2 rings (SSSR count). The van der Waals surface area contributed by atoms with E-state index in [4.69, 9.17) is 0 Å². The average Bonchev–Trinajstić information content (AvgIpc) is 2.71. The number of aliphatic carboxylic acids is 1. The molecule has 1 heterocycles. The van der Waals surface area contributed by atoms with Crippen molar-refractivity contribution in [3.63, 3.8) is 0 Å². The van der Waals surface area contributed by atoms with Crippen LogP contribution in [0.5, 0.6) is 0 Å². The highest BCUT2D eigenvalue weighted by atomic mass is 32.1. The van der Waals surface area contributed by atoms with Crippen molar-refractivity contribution < 1.29 is 9.90 Å². The molecule has 0 spiro atoms. The van der Waals surface area contributed by atoms with E-state index in [1.54, 1.807) is 11.3 Å². The molecule has 0 atom stereocenters. The molecule has 0 aliphatic heterocycles. The molecule has 0 saturated heterocycles. The van der Waals surface area contributed by atoms with Crippen molar-refractivity contribution in [3.8, 4) is 0 Å². The van der Waals surface area contributed by atoms with Gasteiger partial charge in [0, 0.05) is 4.88 Å². The van der Waals surface area contributed by atoms with Gasteiger partial charge >= 0.3 is 5.97 Å². The van der Waals surface area contributed by atoms with Crippen molar-refractivity contribution in [1.82, 2.24) is 0 Å². The highest BCUT2D eigenvalue weighted by molar-refractivity contribution is 7.10. The largest absolute Gasteiger partial charge is 0.481 e. The van der Waals surface area contributed by atoms with Gasteiger partial charge in [-0.3, -0.25) is 4.79 Å². The standard InChI is InChI=1S/C13H18O2S/c1-3-12(4-2)8-13(9-12,11(14)15)10-6-5-7-16-10/h5-7H,3-4,8-9H2,1-2H3,(H,14,15). The molecule has 0 bridgehead atoms. The Labute approximate surface area is 100 Å². The van der Waals surface area contributed by atoms with Gasteiger partial charge in [-0.05, 0) is 29.7 Å². The monoisotopic (exact) mass is 238 g/mol. The molecular formula is C13H18O2S. The molecule has 0 amide bonds. The van der Waals surface area contributed by atoms with E-state index in [-0.39, 0.29) is 5.41 Å². The number of thiophene rings is 1. The van der Waals surface area contributed by atoms with Crippen LogP contribution in [0.15, 0.2) is 17.5 Å². The van der Waals surface area contributed by atoms with Crippen LogP contribution in [0, 0.1) is 5.41 Å². The second-order valence-corrected chi connectivity index (χ2v) is 5.87. The van der Waals surface area contributed by atoms with E-state index in [1.165, 1.54) is 0 Å². The van der Waals surface area contributed by atoms with Gasteiger partial charge in [0.15, 0.2) is 0 Å². The molecule has 0 unspecified atom stereocenters. The van der Waals surface area contributed by atoms with Crippen molar-refractivity contribution in [3.05, 3.63) is 22.4 Å². The van der Waals surface area contributed by atoms with Gasteiger partial charge in [-0.2, -0.15) is 0 Å². The topological polar surface area (TPSA) is 37.3 Å². The molecule has 0 aromatic carbocycles. The molecule has 1 aliphatic carbocycles. The first-order valence-corrected chi connectivity index (χ1v) is 6.74. The third-order valence-electron chi connectivity index (χ3n) is 4.26. The van der Waals surface area contributed by atoms with Crippen molar-refractivity contribution in [2.45, 2.75) is 44.9 Å². The summed E-state index contributed by atoms with van der Waals surface area (Å²) in [5.41, 5.74) is -0.317. The van der Waals surface area contributed by atoms with E-state index >= 15 is 0 Å². The lowest BCUT2D eigenvalue weighted by molar-refractivity contribution is -0.155. The summed E-state index contributed by atoms with van der Waals surface area (Å²) in [5, 5.41) is 11.5. The van der Waals surface area contributed by atoms with E-state index < -0.39 is 11.4 Å². The maximum absolute atomic E-state index is 11.5. The lowest BCUT2D eigenvalue weighted by Gasteiger charge is -2.53. The number of hydrogen-bond donors (Lipinski definition) is 1. The normalized spacial score (nSPS) is 21.4. The summed E-state index contributed by atoms with van der Waals surface area (Å²) in [6.07, 6.45) is 3.79. The van der Waals surface area contributed by atoms with Crippen LogP contribution in [0.4, 0.5) is 0 Å². The Morgan fingerprint density at radius 1 is 1.44 bits per heavy atom. The summed E-state index contributed by atoms with van der Waals surface area (Å²) in [6, 6.07) is 3.91.